The van der Waals surface area contributed by atoms with Gasteiger partial charge in [0.15, 0.2) is 0 Å². The molecular weight excluding hydrogens is 156 g/mol. The van der Waals surface area contributed by atoms with Crippen molar-refractivity contribution in [1.82, 2.24) is 0 Å². The standard InChI is InChI=1S/C8H16N2O2/c1-3-6(4-9)5(2)7(10)8(11)12/h3,5-7H,1,4,9-10H2,2H3,(H,11,12)/t5-,6-,7-/m0/s1. The van der Waals surface area contributed by atoms with Crippen LogP contribution in [0.25, 0.3) is 0 Å². The summed E-state index contributed by atoms with van der Waals surface area (Å²) in [5.41, 5.74) is 10.8. The van der Waals surface area contributed by atoms with E-state index in [1.807, 2.05) is 0 Å². The van der Waals surface area contributed by atoms with Gasteiger partial charge in [-0.25, -0.2) is 0 Å². The molecule has 0 fully saturated rings. The Bertz CT molecular complexity index is 168. The van der Waals surface area contributed by atoms with Gasteiger partial charge < -0.3 is 16.6 Å². The van der Waals surface area contributed by atoms with E-state index in [1.54, 1.807) is 13.0 Å². The second-order valence-electron chi connectivity index (χ2n) is 2.86. The molecule has 12 heavy (non-hydrogen) atoms. The number of rotatable bonds is 5. The van der Waals surface area contributed by atoms with E-state index < -0.39 is 12.0 Å². The van der Waals surface area contributed by atoms with Gasteiger partial charge in [0.25, 0.3) is 0 Å². The first-order chi connectivity index (χ1) is 5.54. The van der Waals surface area contributed by atoms with Crippen molar-refractivity contribution in [3.05, 3.63) is 12.7 Å². The van der Waals surface area contributed by atoms with Gasteiger partial charge in [0.1, 0.15) is 6.04 Å². The van der Waals surface area contributed by atoms with E-state index >= 15 is 0 Å². The molecule has 70 valence electrons. The van der Waals surface area contributed by atoms with E-state index in [0.717, 1.165) is 0 Å². The average molecular weight is 172 g/mol. The van der Waals surface area contributed by atoms with Crippen LogP contribution >= 0.6 is 0 Å². The highest BCUT2D eigenvalue weighted by molar-refractivity contribution is 5.73. The van der Waals surface area contributed by atoms with E-state index in [2.05, 4.69) is 6.58 Å². The van der Waals surface area contributed by atoms with Crippen LogP contribution in [0, 0.1) is 11.8 Å². The van der Waals surface area contributed by atoms with Gasteiger partial charge in [-0.3, -0.25) is 4.79 Å². The Balaban J connectivity index is 4.24. The highest BCUT2D eigenvalue weighted by Gasteiger charge is 2.24. The third-order valence-electron chi connectivity index (χ3n) is 2.10. The van der Waals surface area contributed by atoms with Gasteiger partial charge in [-0.1, -0.05) is 13.0 Å². The maximum absolute atomic E-state index is 10.5. The third kappa shape index (κ3) is 2.64. The Morgan fingerprint density at radius 1 is 1.75 bits per heavy atom. The molecule has 0 aliphatic heterocycles. The van der Waals surface area contributed by atoms with Crippen LogP contribution in [0.1, 0.15) is 6.92 Å². The van der Waals surface area contributed by atoms with Crippen molar-refractivity contribution >= 4 is 5.97 Å². The Morgan fingerprint density at radius 2 is 2.25 bits per heavy atom. The molecule has 0 amide bonds. The van der Waals surface area contributed by atoms with Gasteiger partial charge in [-0.15, -0.1) is 6.58 Å². The Morgan fingerprint density at radius 3 is 2.50 bits per heavy atom. The topological polar surface area (TPSA) is 89.3 Å². The summed E-state index contributed by atoms with van der Waals surface area (Å²) in [6.45, 7) is 5.71. The van der Waals surface area contributed by atoms with Crippen LogP contribution in [-0.2, 0) is 4.79 Å². The Labute approximate surface area is 72.2 Å². The van der Waals surface area contributed by atoms with E-state index in [1.165, 1.54) is 0 Å². The van der Waals surface area contributed by atoms with E-state index in [9.17, 15) is 4.79 Å². The maximum atomic E-state index is 10.5. The molecule has 5 N–H and O–H groups in total. The fourth-order valence-electron chi connectivity index (χ4n) is 1.02. The van der Waals surface area contributed by atoms with Gasteiger partial charge in [-0.2, -0.15) is 0 Å². The highest BCUT2D eigenvalue weighted by atomic mass is 16.4. The molecule has 0 saturated heterocycles. The quantitative estimate of drug-likeness (QED) is 0.501. The summed E-state index contributed by atoms with van der Waals surface area (Å²) in [5.74, 6) is -1.20. The molecule has 0 bridgehead atoms. The van der Waals surface area contributed by atoms with Gasteiger partial charge >= 0.3 is 5.97 Å². The lowest BCUT2D eigenvalue weighted by Gasteiger charge is -2.22. The minimum absolute atomic E-state index is 0.0314. The van der Waals surface area contributed by atoms with Crippen molar-refractivity contribution < 1.29 is 9.90 Å². The van der Waals surface area contributed by atoms with Crippen LogP contribution in [0.4, 0.5) is 0 Å². The van der Waals surface area contributed by atoms with Crippen LogP contribution in [0.3, 0.4) is 0 Å². The molecular formula is C8H16N2O2. The number of carboxylic acid groups (broad SMARTS) is 1. The summed E-state index contributed by atoms with van der Waals surface area (Å²) in [7, 11) is 0. The second kappa shape index (κ2) is 4.90. The van der Waals surface area contributed by atoms with Crippen molar-refractivity contribution in [3.63, 3.8) is 0 Å². The molecule has 0 aromatic rings. The highest BCUT2D eigenvalue weighted by Crippen LogP contribution is 2.14. The minimum atomic E-state index is -0.997. The van der Waals surface area contributed by atoms with Gasteiger partial charge in [0.05, 0.1) is 0 Å². The molecule has 4 nitrogen and oxygen atoms in total. The van der Waals surface area contributed by atoms with Crippen LogP contribution in [0.2, 0.25) is 0 Å². The second-order valence-corrected chi connectivity index (χ2v) is 2.86. The molecule has 0 radical (unpaired) electrons. The normalized spacial score (nSPS) is 17.9. The Hall–Kier alpha value is -0.870. The smallest absolute Gasteiger partial charge is 0.320 e. The van der Waals surface area contributed by atoms with E-state index in [0.29, 0.717) is 6.54 Å². The molecule has 4 heteroatoms. The van der Waals surface area contributed by atoms with Crippen LogP contribution in [0.15, 0.2) is 12.7 Å². The lowest BCUT2D eigenvalue weighted by Crippen LogP contribution is -2.41. The molecule has 3 atom stereocenters. The zero-order chi connectivity index (χ0) is 9.72. The molecule has 0 heterocycles. The summed E-state index contributed by atoms with van der Waals surface area (Å²) in [6.07, 6.45) is 1.65. The third-order valence-corrected chi connectivity index (χ3v) is 2.10. The largest absolute Gasteiger partial charge is 0.480 e. The zero-order valence-corrected chi connectivity index (χ0v) is 7.23. The first kappa shape index (κ1) is 11.1. The molecule has 0 rings (SSSR count). The number of carboxylic acids is 1. The van der Waals surface area contributed by atoms with Gasteiger partial charge in [-0.05, 0) is 18.4 Å². The summed E-state index contributed by atoms with van der Waals surface area (Å²) in [4.78, 5) is 10.5. The molecule has 0 unspecified atom stereocenters. The SMILES string of the molecule is C=C[C@@H](CN)[C@H](C)[C@H](N)C(=O)O. The molecule has 0 aromatic carbocycles. The number of carbonyl (C=O) groups is 1. The molecule has 0 saturated carbocycles. The first-order valence-corrected chi connectivity index (χ1v) is 3.85. The predicted molar refractivity (Wildman–Crippen MR) is 47.5 cm³/mol. The monoisotopic (exact) mass is 172 g/mol. The average Bonchev–Trinajstić information content (AvgIpc) is 2.05. The van der Waals surface area contributed by atoms with Crippen molar-refractivity contribution in [1.29, 1.82) is 0 Å². The lowest BCUT2D eigenvalue weighted by molar-refractivity contribution is -0.140. The molecule has 0 aromatic heterocycles. The van der Waals surface area contributed by atoms with Crippen molar-refractivity contribution in [3.8, 4) is 0 Å². The van der Waals surface area contributed by atoms with E-state index in [4.69, 9.17) is 16.6 Å². The first-order valence-electron chi connectivity index (χ1n) is 3.85. The van der Waals surface area contributed by atoms with Crippen LogP contribution in [0.5, 0.6) is 0 Å². The number of hydrogen-bond acceptors (Lipinski definition) is 3. The van der Waals surface area contributed by atoms with Crippen LogP contribution < -0.4 is 11.5 Å². The van der Waals surface area contributed by atoms with E-state index in [-0.39, 0.29) is 11.8 Å². The fraction of sp³-hybridized carbons (Fsp3) is 0.625. The summed E-state index contributed by atoms with van der Waals surface area (Å²) in [5, 5.41) is 8.59. The summed E-state index contributed by atoms with van der Waals surface area (Å²) in [6, 6.07) is -0.864. The Kier molecular flexibility index (Phi) is 4.54. The molecule has 0 aliphatic rings. The zero-order valence-electron chi connectivity index (χ0n) is 7.23. The van der Waals surface area contributed by atoms with Crippen LogP contribution in [-0.4, -0.2) is 23.7 Å². The number of hydrogen-bond donors (Lipinski definition) is 3. The summed E-state index contributed by atoms with van der Waals surface area (Å²) < 4.78 is 0. The van der Waals surface area contributed by atoms with Crippen molar-refractivity contribution in [2.45, 2.75) is 13.0 Å². The number of aliphatic carboxylic acids is 1. The van der Waals surface area contributed by atoms with Crippen molar-refractivity contribution in [2.24, 2.45) is 23.3 Å². The number of nitrogens with two attached hydrogens (primary N) is 2. The molecule has 0 aliphatic carbocycles. The fourth-order valence-corrected chi connectivity index (χ4v) is 1.02. The maximum Gasteiger partial charge on any atom is 0.320 e. The van der Waals surface area contributed by atoms with Gasteiger partial charge in [0, 0.05) is 0 Å². The molecule has 0 spiro atoms. The lowest BCUT2D eigenvalue weighted by atomic mass is 9.88. The predicted octanol–water partition coefficient (Wildman–Crippen LogP) is -0.205. The minimum Gasteiger partial charge on any atom is -0.480 e. The van der Waals surface area contributed by atoms with Gasteiger partial charge in [0.2, 0.25) is 0 Å². The summed E-state index contributed by atoms with van der Waals surface area (Å²) >= 11 is 0. The van der Waals surface area contributed by atoms with Crippen molar-refractivity contribution in [2.75, 3.05) is 6.54 Å².